The minimum atomic E-state index is 1.18. The first-order chi connectivity index (χ1) is 8.24. The summed E-state index contributed by atoms with van der Waals surface area (Å²) in [7, 11) is 0. The van der Waals surface area contributed by atoms with Crippen LogP contribution >= 0.6 is 11.3 Å². The van der Waals surface area contributed by atoms with Crippen LogP contribution in [-0.2, 0) is 0 Å². The Bertz CT molecular complexity index is 538. The van der Waals surface area contributed by atoms with Crippen molar-refractivity contribution in [1.29, 1.82) is 0 Å². The molecular weight excluding hydrogens is 228 g/mol. The van der Waals surface area contributed by atoms with E-state index in [0.717, 1.165) is 0 Å². The van der Waals surface area contributed by atoms with Crippen LogP contribution in [0.3, 0.4) is 0 Å². The first-order valence-electron chi connectivity index (χ1n) is 6.37. The van der Waals surface area contributed by atoms with E-state index in [9.17, 15) is 0 Å². The summed E-state index contributed by atoms with van der Waals surface area (Å²) in [6, 6.07) is 4.48. The zero-order valence-electron chi connectivity index (χ0n) is 10.5. The van der Waals surface area contributed by atoms with Crippen LogP contribution in [0, 0.1) is 13.8 Å². The molecule has 1 aromatic heterocycles. The maximum absolute atomic E-state index is 4.82. The summed E-state index contributed by atoms with van der Waals surface area (Å²) in [5, 5.41) is 1.22. The first-order valence-corrected chi connectivity index (χ1v) is 7.18. The standard InChI is InChI=1S/C14H18N2S/c1-10-8-11(2)13-12(9-10)17-14(15-13)16-6-4-3-5-7-16/h8-9H,3-7H2,1-2H3. The van der Waals surface area contributed by atoms with Crippen LogP contribution < -0.4 is 4.90 Å². The molecule has 1 aliphatic heterocycles. The fourth-order valence-electron chi connectivity index (χ4n) is 2.58. The quantitative estimate of drug-likeness (QED) is 0.758. The van der Waals surface area contributed by atoms with Crippen molar-refractivity contribution in [3.63, 3.8) is 0 Å². The van der Waals surface area contributed by atoms with Gasteiger partial charge in [-0.1, -0.05) is 17.4 Å². The Labute approximate surface area is 106 Å². The van der Waals surface area contributed by atoms with Gasteiger partial charge in [0, 0.05) is 13.1 Å². The number of fused-ring (bicyclic) bond motifs is 1. The summed E-state index contributed by atoms with van der Waals surface area (Å²) in [5.74, 6) is 0. The van der Waals surface area contributed by atoms with Gasteiger partial charge in [-0.2, -0.15) is 0 Å². The van der Waals surface area contributed by atoms with Crippen LogP contribution in [0.15, 0.2) is 12.1 Å². The number of hydrogen-bond acceptors (Lipinski definition) is 3. The van der Waals surface area contributed by atoms with E-state index < -0.39 is 0 Å². The highest BCUT2D eigenvalue weighted by molar-refractivity contribution is 7.22. The number of rotatable bonds is 1. The molecule has 2 heterocycles. The van der Waals surface area contributed by atoms with E-state index in [1.54, 1.807) is 0 Å². The minimum Gasteiger partial charge on any atom is -0.348 e. The van der Waals surface area contributed by atoms with Gasteiger partial charge in [0.05, 0.1) is 10.2 Å². The second-order valence-corrected chi connectivity index (χ2v) is 5.98. The third kappa shape index (κ3) is 2.04. The molecule has 1 aromatic carbocycles. The monoisotopic (exact) mass is 246 g/mol. The Morgan fingerprint density at radius 2 is 1.88 bits per heavy atom. The zero-order chi connectivity index (χ0) is 11.8. The second-order valence-electron chi connectivity index (χ2n) is 4.97. The molecule has 0 spiro atoms. The Morgan fingerprint density at radius 1 is 1.12 bits per heavy atom. The van der Waals surface area contributed by atoms with Gasteiger partial charge < -0.3 is 4.90 Å². The number of aromatic nitrogens is 1. The van der Waals surface area contributed by atoms with Crippen LogP contribution in [0.1, 0.15) is 30.4 Å². The van der Waals surface area contributed by atoms with Crippen molar-refractivity contribution in [2.24, 2.45) is 0 Å². The fraction of sp³-hybridized carbons (Fsp3) is 0.500. The van der Waals surface area contributed by atoms with Gasteiger partial charge in [0.2, 0.25) is 0 Å². The Kier molecular flexibility index (Phi) is 2.79. The van der Waals surface area contributed by atoms with Crippen molar-refractivity contribution < 1.29 is 0 Å². The highest BCUT2D eigenvalue weighted by atomic mass is 32.1. The van der Waals surface area contributed by atoms with Crippen LogP contribution in [-0.4, -0.2) is 18.1 Å². The average molecular weight is 246 g/mol. The van der Waals surface area contributed by atoms with Crippen LogP contribution in [0.25, 0.3) is 10.2 Å². The molecule has 0 unspecified atom stereocenters. The van der Waals surface area contributed by atoms with E-state index >= 15 is 0 Å². The topological polar surface area (TPSA) is 16.1 Å². The summed E-state index contributed by atoms with van der Waals surface area (Å²) in [5.41, 5.74) is 3.84. The van der Waals surface area contributed by atoms with E-state index in [-0.39, 0.29) is 0 Å². The summed E-state index contributed by atoms with van der Waals surface area (Å²) >= 11 is 1.85. The van der Waals surface area contributed by atoms with Gasteiger partial charge in [-0.25, -0.2) is 4.98 Å². The van der Waals surface area contributed by atoms with Gasteiger partial charge in [0.1, 0.15) is 0 Å². The second kappa shape index (κ2) is 4.30. The molecule has 3 heteroatoms. The van der Waals surface area contributed by atoms with E-state index in [4.69, 9.17) is 4.98 Å². The van der Waals surface area contributed by atoms with Crippen LogP contribution in [0.2, 0.25) is 0 Å². The number of piperidine rings is 1. The van der Waals surface area contributed by atoms with Crippen LogP contribution in [0.5, 0.6) is 0 Å². The lowest BCUT2D eigenvalue weighted by atomic mass is 10.1. The van der Waals surface area contributed by atoms with E-state index in [1.165, 1.54) is 58.8 Å². The molecule has 3 rings (SSSR count). The number of anilines is 1. The number of aryl methyl sites for hydroxylation is 2. The molecule has 90 valence electrons. The molecule has 2 aromatic rings. The Hall–Kier alpha value is -1.09. The van der Waals surface area contributed by atoms with E-state index in [0.29, 0.717) is 0 Å². The molecule has 0 amide bonds. The zero-order valence-corrected chi connectivity index (χ0v) is 11.3. The van der Waals surface area contributed by atoms with E-state index in [2.05, 4.69) is 30.9 Å². The van der Waals surface area contributed by atoms with Crippen molar-refractivity contribution in [3.8, 4) is 0 Å². The molecule has 17 heavy (non-hydrogen) atoms. The van der Waals surface area contributed by atoms with Crippen LogP contribution in [0.4, 0.5) is 5.13 Å². The van der Waals surface area contributed by atoms with Gasteiger partial charge >= 0.3 is 0 Å². The average Bonchev–Trinajstić information content (AvgIpc) is 2.74. The first kappa shape index (κ1) is 11.0. The summed E-state index contributed by atoms with van der Waals surface area (Å²) in [4.78, 5) is 7.27. The third-order valence-electron chi connectivity index (χ3n) is 3.45. The molecule has 0 radical (unpaired) electrons. The van der Waals surface area contributed by atoms with E-state index in [1.807, 2.05) is 11.3 Å². The van der Waals surface area contributed by atoms with Crippen molar-refractivity contribution in [1.82, 2.24) is 4.98 Å². The smallest absolute Gasteiger partial charge is 0.186 e. The Balaban J connectivity index is 2.03. The molecule has 1 fully saturated rings. The molecule has 1 aliphatic rings. The maximum atomic E-state index is 4.82. The Morgan fingerprint density at radius 3 is 2.65 bits per heavy atom. The SMILES string of the molecule is Cc1cc(C)c2nc(N3CCCCC3)sc2c1. The lowest BCUT2D eigenvalue weighted by Gasteiger charge is -2.25. The highest BCUT2D eigenvalue weighted by Gasteiger charge is 2.15. The summed E-state index contributed by atoms with van der Waals surface area (Å²) in [6.07, 6.45) is 4.00. The number of benzene rings is 1. The minimum absolute atomic E-state index is 1.18. The molecule has 0 N–H and O–H groups in total. The van der Waals surface area contributed by atoms with Gasteiger partial charge in [-0.3, -0.25) is 0 Å². The molecule has 0 saturated carbocycles. The third-order valence-corrected chi connectivity index (χ3v) is 4.51. The van der Waals surface area contributed by atoms with Gasteiger partial charge in [0.15, 0.2) is 5.13 Å². The molecule has 1 saturated heterocycles. The normalized spacial score (nSPS) is 16.7. The molecule has 2 nitrogen and oxygen atoms in total. The van der Waals surface area contributed by atoms with Gasteiger partial charge in [-0.05, 0) is 50.3 Å². The molecular formula is C14H18N2S. The van der Waals surface area contributed by atoms with Crippen molar-refractivity contribution in [2.45, 2.75) is 33.1 Å². The molecule has 0 bridgehead atoms. The fourth-order valence-corrected chi connectivity index (χ4v) is 3.77. The van der Waals surface area contributed by atoms with Crippen molar-refractivity contribution in [3.05, 3.63) is 23.3 Å². The number of thiazole rings is 1. The lowest BCUT2D eigenvalue weighted by molar-refractivity contribution is 0.577. The van der Waals surface area contributed by atoms with Gasteiger partial charge in [0.25, 0.3) is 0 Å². The summed E-state index contributed by atoms with van der Waals surface area (Å²) < 4.78 is 1.34. The summed E-state index contributed by atoms with van der Waals surface area (Å²) in [6.45, 7) is 6.68. The molecule has 0 atom stereocenters. The lowest BCUT2D eigenvalue weighted by Crippen LogP contribution is -2.29. The van der Waals surface area contributed by atoms with Crippen molar-refractivity contribution >= 4 is 26.7 Å². The van der Waals surface area contributed by atoms with Crippen molar-refractivity contribution in [2.75, 3.05) is 18.0 Å². The predicted octanol–water partition coefficient (Wildman–Crippen LogP) is 3.90. The number of hydrogen-bond donors (Lipinski definition) is 0. The highest BCUT2D eigenvalue weighted by Crippen LogP contribution is 2.32. The number of nitrogens with zero attached hydrogens (tertiary/aromatic N) is 2. The molecule has 0 aliphatic carbocycles. The predicted molar refractivity (Wildman–Crippen MR) is 75.2 cm³/mol. The largest absolute Gasteiger partial charge is 0.348 e. The maximum Gasteiger partial charge on any atom is 0.186 e. The van der Waals surface area contributed by atoms with Gasteiger partial charge in [-0.15, -0.1) is 0 Å².